The van der Waals surface area contributed by atoms with E-state index in [4.69, 9.17) is 22.1 Å². The quantitative estimate of drug-likeness (QED) is 0.792. The van der Waals surface area contributed by atoms with E-state index in [-0.39, 0.29) is 0 Å². The molecule has 0 heterocycles. The van der Waals surface area contributed by atoms with Crippen molar-refractivity contribution < 1.29 is 4.74 Å². The van der Waals surface area contributed by atoms with Crippen molar-refractivity contribution in [2.24, 2.45) is 0 Å². The molecule has 2 aromatic carbocycles. The Labute approximate surface area is 125 Å². The summed E-state index contributed by atoms with van der Waals surface area (Å²) < 4.78 is 6.06. The van der Waals surface area contributed by atoms with Gasteiger partial charge in [-0.3, -0.25) is 0 Å². The first-order valence-electron chi connectivity index (χ1n) is 5.67. The zero-order valence-corrected chi connectivity index (χ0v) is 13.0. The van der Waals surface area contributed by atoms with Crippen LogP contribution in [-0.4, -0.2) is 7.11 Å². The summed E-state index contributed by atoms with van der Waals surface area (Å²) in [4.78, 5) is 0. The van der Waals surface area contributed by atoms with Gasteiger partial charge in [-0.05, 0) is 52.7 Å². The van der Waals surface area contributed by atoms with E-state index >= 15 is 0 Å². The van der Waals surface area contributed by atoms with Crippen LogP contribution in [0.5, 0.6) is 5.75 Å². The molecule has 0 unspecified atom stereocenters. The molecule has 0 aliphatic rings. The molecule has 0 fully saturated rings. The van der Waals surface area contributed by atoms with Crippen LogP contribution in [0.25, 0.3) is 0 Å². The lowest BCUT2D eigenvalue weighted by atomic mass is 10.2. The van der Waals surface area contributed by atoms with E-state index in [0.717, 1.165) is 27.2 Å². The van der Waals surface area contributed by atoms with Gasteiger partial charge >= 0.3 is 0 Å². The van der Waals surface area contributed by atoms with Crippen molar-refractivity contribution in [1.82, 2.24) is 0 Å². The molecule has 0 bridgehead atoms. The van der Waals surface area contributed by atoms with Crippen molar-refractivity contribution in [1.29, 1.82) is 0 Å². The molecular formula is C14H14BrClN2O. The summed E-state index contributed by atoms with van der Waals surface area (Å²) in [7, 11) is 1.61. The Kier molecular flexibility index (Phi) is 4.22. The van der Waals surface area contributed by atoms with Gasteiger partial charge in [-0.25, -0.2) is 0 Å². The number of halogens is 2. The topological polar surface area (TPSA) is 47.3 Å². The molecule has 100 valence electrons. The Bertz CT molecular complexity index is 617. The number of hydrogen-bond donors (Lipinski definition) is 2. The molecule has 2 rings (SSSR count). The Morgan fingerprint density at radius 3 is 2.58 bits per heavy atom. The van der Waals surface area contributed by atoms with Crippen LogP contribution in [0.4, 0.5) is 17.1 Å². The molecule has 0 aromatic heterocycles. The first-order valence-corrected chi connectivity index (χ1v) is 6.84. The molecule has 0 atom stereocenters. The van der Waals surface area contributed by atoms with Gasteiger partial charge in [0.25, 0.3) is 0 Å². The van der Waals surface area contributed by atoms with Crippen LogP contribution >= 0.6 is 27.5 Å². The number of nitrogens with two attached hydrogens (primary N) is 1. The van der Waals surface area contributed by atoms with Gasteiger partial charge in [-0.1, -0.05) is 11.6 Å². The number of aryl methyl sites for hydroxylation is 1. The molecule has 0 aliphatic carbocycles. The van der Waals surface area contributed by atoms with Gasteiger partial charge in [-0.15, -0.1) is 0 Å². The van der Waals surface area contributed by atoms with Gasteiger partial charge in [0, 0.05) is 15.6 Å². The van der Waals surface area contributed by atoms with Crippen LogP contribution in [0.15, 0.2) is 34.8 Å². The number of benzene rings is 2. The highest BCUT2D eigenvalue weighted by atomic mass is 79.9. The highest BCUT2D eigenvalue weighted by Crippen LogP contribution is 2.34. The monoisotopic (exact) mass is 340 g/mol. The van der Waals surface area contributed by atoms with Gasteiger partial charge in [0.05, 0.1) is 24.2 Å². The van der Waals surface area contributed by atoms with Gasteiger partial charge in [-0.2, -0.15) is 0 Å². The number of nitrogens with one attached hydrogen (secondary N) is 1. The highest BCUT2D eigenvalue weighted by Gasteiger charge is 2.07. The maximum absolute atomic E-state index is 6.13. The van der Waals surface area contributed by atoms with E-state index in [0.29, 0.717) is 10.7 Å². The van der Waals surface area contributed by atoms with Crippen LogP contribution in [-0.2, 0) is 0 Å². The van der Waals surface area contributed by atoms with Crippen LogP contribution in [0.3, 0.4) is 0 Å². The fraction of sp³-hybridized carbons (Fsp3) is 0.143. The van der Waals surface area contributed by atoms with Gasteiger partial charge < -0.3 is 15.8 Å². The summed E-state index contributed by atoms with van der Waals surface area (Å²) in [6, 6.07) is 9.32. The normalized spacial score (nSPS) is 10.3. The fourth-order valence-electron chi connectivity index (χ4n) is 1.67. The largest absolute Gasteiger partial charge is 0.497 e. The predicted octanol–water partition coefficient (Wildman–Crippen LogP) is 4.75. The number of rotatable bonds is 3. The van der Waals surface area contributed by atoms with Crippen LogP contribution < -0.4 is 15.8 Å². The Balaban J connectivity index is 2.33. The predicted molar refractivity (Wildman–Crippen MR) is 84.6 cm³/mol. The van der Waals surface area contributed by atoms with Crippen LogP contribution in [0.1, 0.15) is 5.56 Å². The molecule has 19 heavy (non-hydrogen) atoms. The first kappa shape index (κ1) is 14.0. The highest BCUT2D eigenvalue weighted by molar-refractivity contribution is 9.10. The second-order valence-corrected chi connectivity index (χ2v) is 5.42. The minimum atomic E-state index is 0.614. The van der Waals surface area contributed by atoms with E-state index in [1.807, 2.05) is 31.2 Å². The van der Waals surface area contributed by atoms with Gasteiger partial charge in [0.15, 0.2) is 0 Å². The zero-order chi connectivity index (χ0) is 14.0. The van der Waals surface area contributed by atoms with Crippen molar-refractivity contribution in [2.75, 3.05) is 18.2 Å². The molecule has 0 saturated carbocycles. The van der Waals surface area contributed by atoms with Crippen LogP contribution in [0, 0.1) is 6.92 Å². The third kappa shape index (κ3) is 3.14. The molecule has 5 heteroatoms. The van der Waals surface area contributed by atoms with E-state index in [9.17, 15) is 0 Å². The molecule has 3 nitrogen and oxygen atoms in total. The summed E-state index contributed by atoms with van der Waals surface area (Å²) in [5.41, 5.74) is 9.28. The molecule has 0 amide bonds. The van der Waals surface area contributed by atoms with Crippen molar-refractivity contribution in [3.63, 3.8) is 0 Å². The van der Waals surface area contributed by atoms with Crippen molar-refractivity contribution in [3.05, 3.63) is 45.4 Å². The molecule has 0 spiro atoms. The smallest absolute Gasteiger partial charge is 0.121 e. The third-order valence-corrected chi connectivity index (χ3v) is 3.84. The van der Waals surface area contributed by atoms with Gasteiger partial charge in [0.1, 0.15) is 5.75 Å². The lowest BCUT2D eigenvalue weighted by Crippen LogP contribution is -1.98. The van der Waals surface area contributed by atoms with E-state index in [1.165, 1.54) is 0 Å². The average Bonchev–Trinajstić information content (AvgIpc) is 2.38. The second-order valence-electron chi connectivity index (χ2n) is 4.16. The number of anilines is 3. The van der Waals surface area contributed by atoms with Crippen molar-refractivity contribution >= 4 is 44.6 Å². The van der Waals surface area contributed by atoms with Crippen molar-refractivity contribution in [2.45, 2.75) is 6.92 Å². The Morgan fingerprint density at radius 1 is 1.21 bits per heavy atom. The lowest BCUT2D eigenvalue weighted by Gasteiger charge is -2.13. The summed E-state index contributed by atoms with van der Waals surface area (Å²) in [6.07, 6.45) is 0. The number of ether oxygens (including phenoxy) is 1. The molecule has 0 saturated heterocycles. The summed E-state index contributed by atoms with van der Waals surface area (Å²) in [5.74, 6) is 0.726. The lowest BCUT2D eigenvalue weighted by molar-refractivity contribution is 0.415. The van der Waals surface area contributed by atoms with Gasteiger partial charge in [0.2, 0.25) is 0 Å². The SMILES string of the molecule is COc1ccc(Nc2cc(Cl)c(C)cc2Br)c(N)c1. The zero-order valence-electron chi connectivity index (χ0n) is 10.6. The summed E-state index contributed by atoms with van der Waals surface area (Å²) in [5, 5.41) is 3.95. The summed E-state index contributed by atoms with van der Waals surface area (Å²) in [6.45, 7) is 1.96. The fourth-order valence-corrected chi connectivity index (χ4v) is 2.39. The Hall–Kier alpha value is -1.39. The third-order valence-electron chi connectivity index (χ3n) is 2.78. The molecular weight excluding hydrogens is 328 g/mol. The average molecular weight is 342 g/mol. The van der Waals surface area contributed by atoms with Crippen LogP contribution in [0.2, 0.25) is 5.02 Å². The maximum atomic E-state index is 6.13. The molecule has 0 radical (unpaired) electrons. The molecule has 0 aliphatic heterocycles. The number of methoxy groups -OCH3 is 1. The Morgan fingerprint density at radius 2 is 1.95 bits per heavy atom. The molecule has 2 aromatic rings. The minimum absolute atomic E-state index is 0.614. The van der Waals surface area contributed by atoms with E-state index in [2.05, 4.69) is 21.2 Å². The van der Waals surface area contributed by atoms with E-state index < -0.39 is 0 Å². The molecule has 3 N–H and O–H groups in total. The number of hydrogen-bond acceptors (Lipinski definition) is 3. The minimum Gasteiger partial charge on any atom is -0.497 e. The van der Waals surface area contributed by atoms with E-state index in [1.54, 1.807) is 13.2 Å². The standard InChI is InChI=1S/C14H14BrClN2O/c1-8-5-10(15)14(7-11(8)16)18-13-4-3-9(19-2)6-12(13)17/h3-7,18H,17H2,1-2H3. The second kappa shape index (κ2) is 5.72. The van der Waals surface area contributed by atoms with Crippen molar-refractivity contribution in [3.8, 4) is 5.75 Å². The maximum Gasteiger partial charge on any atom is 0.121 e. The first-order chi connectivity index (χ1) is 9.01. The summed E-state index contributed by atoms with van der Waals surface area (Å²) >= 11 is 9.63. The number of nitrogen functional groups attached to an aromatic ring is 1.